The molecule has 4 N–H and O–H groups in total. The van der Waals surface area contributed by atoms with Gasteiger partial charge in [-0.3, -0.25) is 4.79 Å². The Kier molecular flexibility index (Phi) is 4.07. The van der Waals surface area contributed by atoms with Gasteiger partial charge in [-0.15, -0.1) is 0 Å². The molecule has 0 saturated carbocycles. The normalized spacial score (nSPS) is 26.7. The van der Waals surface area contributed by atoms with E-state index < -0.39 is 5.54 Å². The van der Waals surface area contributed by atoms with Gasteiger partial charge in [-0.25, -0.2) is 0 Å². The molecule has 1 aliphatic rings. The van der Waals surface area contributed by atoms with Gasteiger partial charge in [0.1, 0.15) is 0 Å². The number of nitrogens with one attached hydrogen (secondary N) is 2. The van der Waals surface area contributed by atoms with Crippen molar-refractivity contribution < 1.29 is 15.0 Å². The van der Waals surface area contributed by atoms with E-state index >= 15 is 0 Å². The van der Waals surface area contributed by atoms with Crippen LogP contribution in [0.2, 0.25) is 0 Å². The minimum Gasteiger partial charge on any atom is -0.394 e. The predicted octanol–water partition coefficient (Wildman–Crippen LogP) is -1.16. The van der Waals surface area contributed by atoms with E-state index in [2.05, 4.69) is 10.6 Å². The van der Waals surface area contributed by atoms with Gasteiger partial charge in [0.25, 0.3) is 0 Å². The molecule has 1 fully saturated rings. The quantitative estimate of drug-likeness (QED) is 0.478. The van der Waals surface area contributed by atoms with Crippen molar-refractivity contribution in [1.82, 2.24) is 10.6 Å². The van der Waals surface area contributed by atoms with Gasteiger partial charge < -0.3 is 20.8 Å². The topological polar surface area (TPSA) is 81.6 Å². The minimum atomic E-state index is -0.917. The van der Waals surface area contributed by atoms with Gasteiger partial charge in [0.15, 0.2) is 0 Å². The highest BCUT2D eigenvalue weighted by Gasteiger charge is 2.33. The van der Waals surface area contributed by atoms with Crippen molar-refractivity contribution in [3.05, 3.63) is 0 Å². The highest BCUT2D eigenvalue weighted by Crippen LogP contribution is 2.16. The summed E-state index contributed by atoms with van der Waals surface area (Å²) in [5, 5.41) is 24.0. The summed E-state index contributed by atoms with van der Waals surface area (Å²) in [6.07, 6.45) is 0.805. The number of aliphatic hydroxyl groups excluding tert-OH is 2. The van der Waals surface area contributed by atoms with E-state index in [1.165, 1.54) is 0 Å². The lowest BCUT2D eigenvalue weighted by Crippen LogP contribution is -2.54. The second-order valence-electron chi connectivity index (χ2n) is 4.50. The third-order valence-electron chi connectivity index (χ3n) is 2.98. The Bertz CT molecular complexity index is 229. The fourth-order valence-electron chi connectivity index (χ4n) is 1.74. The molecular weight excluding hydrogens is 196 g/mol. The van der Waals surface area contributed by atoms with Gasteiger partial charge in [0.05, 0.1) is 24.7 Å². The van der Waals surface area contributed by atoms with Crippen molar-refractivity contribution in [1.29, 1.82) is 0 Å². The number of rotatable bonds is 4. The van der Waals surface area contributed by atoms with Crippen molar-refractivity contribution in [2.24, 2.45) is 5.92 Å². The standard InChI is InChI=1S/C10H20N2O3/c1-7-8(3-4-11-7)9(15)12-10(2,5-13)6-14/h7-8,11,13-14H,3-6H2,1-2H3,(H,12,15). The monoisotopic (exact) mass is 216 g/mol. The molecule has 0 aromatic carbocycles. The number of hydrogen-bond acceptors (Lipinski definition) is 4. The fourth-order valence-corrected chi connectivity index (χ4v) is 1.74. The Hall–Kier alpha value is -0.650. The molecular formula is C10H20N2O3. The Labute approximate surface area is 89.9 Å². The van der Waals surface area contributed by atoms with Crippen LogP contribution in [-0.2, 0) is 4.79 Å². The molecule has 0 aromatic rings. The average Bonchev–Trinajstić information content (AvgIpc) is 2.64. The molecule has 1 saturated heterocycles. The van der Waals surface area contributed by atoms with E-state index in [-0.39, 0.29) is 31.1 Å². The largest absolute Gasteiger partial charge is 0.394 e. The molecule has 1 heterocycles. The number of aliphatic hydroxyl groups is 2. The van der Waals surface area contributed by atoms with Crippen LogP contribution in [-0.4, -0.2) is 47.5 Å². The van der Waals surface area contributed by atoms with Crippen LogP contribution in [0, 0.1) is 5.92 Å². The molecule has 2 unspecified atom stereocenters. The first kappa shape index (κ1) is 12.4. The summed E-state index contributed by atoms with van der Waals surface area (Å²) < 4.78 is 0. The van der Waals surface area contributed by atoms with Gasteiger partial charge in [0, 0.05) is 6.04 Å². The molecule has 5 heteroatoms. The van der Waals surface area contributed by atoms with E-state index in [1.807, 2.05) is 6.92 Å². The summed E-state index contributed by atoms with van der Waals surface area (Å²) in [6.45, 7) is 3.91. The molecule has 0 aromatic heterocycles. The third-order valence-corrected chi connectivity index (χ3v) is 2.98. The highest BCUT2D eigenvalue weighted by atomic mass is 16.3. The van der Waals surface area contributed by atoms with E-state index in [9.17, 15) is 4.79 Å². The molecule has 15 heavy (non-hydrogen) atoms. The second-order valence-corrected chi connectivity index (χ2v) is 4.50. The molecule has 0 radical (unpaired) electrons. The minimum absolute atomic E-state index is 0.0672. The zero-order valence-electron chi connectivity index (χ0n) is 9.29. The van der Waals surface area contributed by atoms with Gasteiger partial charge in [-0.1, -0.05) is 0 Å². The summed E-state index contributed by atoms with van der Waals surface area (Å²) in [4.78, 5) is 11.8. The van der Waals surface area contributed by atoms with Gasteiger partial charge >= 0.3 is 0 Å². The maximum absolute atomic E-state index is 11.8. The molecule has 1 amide bonds. The van der Waals surface area contributed by atoms with Crippen LogP contribution in [0.4, 0.5) is 0 Å². The van der Waals surface area contributed by atoms with Crippen LogP contribution < -0.4 is 10.6 Å². The third kappa shape index (κ3) is 2.90. The van der Waals surface area contributed by atoms with Gasteiger partial charge in [-0.05, 0) is 26.8 Å². The summed E-state index contributed by atoms with van der Waals surface area (Å²) in [5.41, 5.74) is -0.917. The zero-order chi connectivity index (χ0) is 11.5. The van der Waals surface area contributed by atoms with Crippen molar-refractivity contribution >= 4 is 5.91 Å². The Morgan fingerprint density at radius 2 is 2.13 bits per heavy atom. The first-order valence-electron chi connectivity index (χ1n) is 5.29. The fraction of sp³-hybridized carbons (Fsp3) is 0.900. The highest BCUT2D eigenvalue weighted by molar-refractivity contribution is 5.80. The molecule has 88 valence electrons. The predicted molar refractivity (Wildman–Crippen MR) is 56.3 cm³/mol. The van der Waals surface area contributed by atoms with E-state index in [0.717, 1.165) is 13.0 Å². The Balaban J connectivity index is 2.54. The van der Waals surface area contributed by atoms with Gasteiger partial charge in [-0.2, -0.15) is 0 Å². The van der Waals surface area contributed by atoms with Crippen LogP contribution in [0.1, 0.15) is 20.3 Å². The summed E-state index contributed by atoms with van der Waals surface area (Å²) >= 11 is 0. The average molecular weight is 216 g/mol. The lowest BCUT2D eigenvalue weighted by atomic mass is 9.98. The number of amides is 1. The lowest BCUT2D eigenvalue weighted by Gasteiger charge is -2.28. The number of hydrogen-bond donors (Lipinski definition) is 4. The molecule has 0 bridgehead atoms. The van der Waals surface area contributed by atoms with Crippen LogP contribution >= 0.6 is 0 Å². The molecule has 2 atom stereocenters. The smallest absolute Gasteiger partial charge is 0.225 e. The van der Waals surface area contributed by atoms with Crippen LogP contribution in [0.5, 0.6) is 0 Å². The SMILES string of the molecule is CC1NCCC1C(=O)NC(C)(CO)CO. The maximum atomic E-state index is 11.8. The first-order valence-corrected chi connectivity index (χ1v) is 5.29. The van der Waals surface area contributed by atoms with E-state index in [1.54, 1.807) is 6.92 Å². The van der Waals surface area contributed by atoms with Crippen LogP contribution in [0.25, 0.3) is 0 Å². The summed E-state index contributed by atoms with van der Waals surface area (Å²) in [5.74, 6) is -0.166. The zero-order valence-corrected chi connectivity index (χ0v) is 9.29. The lowest BCUT2D eigenvalue weighted by molar-refractivity contribution is -0.128. The van der Waals surface area contributed by atoms with Crippen molar-refractivity contribution in [3.8, 4) is 0 Å². The van der Waals surface area contributed by atoms with Crippen molar-refractivity contribution in [2.45, 2.75) is 31.8 Å². The van der Waals surface area contributed by atoms with Crippen molar-refractivity contribution in [3.63, 3.8) is 0 Å². The van der Waals surface area contributed by atoms with Crippen LogP contribution in [0.15, 0.2) is 0 Å². The molecule has 5 nitrogen and oxygen atoms in total. The molecule has 0 spiro atoms. The number of carbonyl (C=O) groups is 1. The van der Waals surface area contributed by atoms with E-state index in [4.69, 9.17) is 10.2 Å². The first-order chi connectivity index (χ1) is 7.02. The van der Waals surface area contributed by atoms with Gasteiger partial charge in [0.2, 0.25) is 5.91 Å². The summed E-state index contributed by atoms with van der Waals surface area (Å²) in [6, 6.07) is 0.159. The molecule has 1 aliphatic heterocycles. The molecule has 1 rings (SSSR count). The van der Waals surface area contributed by atoms with Crippen LogP contribution in [0.3, 0.4) is 0 Å². The Morgan fingerprint density at radius 3 is 2.53 bits per heavy atom. The Morgan fingerprint density at radius 1 is 1.53 bits per heavy atom. The van der Waals surface area contributed by atoms with E-state index in [0.29, 0.717) is 0 Å². The number of carbonyl (C=O) groups excluding carboxylic acids is 1. The summed E-state index contributed by atoms with van der Waals surface area (Å²) in [7, 11) is 0. The maximum Gasteiger partial charge on any atom is 0.225 e. The second kappa shape index (κ2) is 4.92. The molecule has 0 aliphatic carbocycles. The van der Waals surface area contributed by atoms with Crippen molar-refractivity contribution in [2.75, 3.05) is 19.8 Å².